The average Bonchev–Trinajstić information content (AvgIpc) is 2.49. The lowest BCUT2D eigenvalue weighted by atomic mass is 9.78. The number of carbonyl (C=O) groups is 1. The van der Waals surface area contributed by atoms with Gasteiger partial charge >= 0.3 is 0 Å². The lowest BCUT2D eigenvalue weighted by molar-refractivity contribution is -0.130. The number of methoxy groups -OCH3 is 1. The van der Waals surface area contributed by atoms with Gasteiger partial charge in [0.25, 0.3) is 0 Å². The fourth-order valence-corrected chi connectivity index (χ4v) is 3.28. The van der Waals surface area contributed by atoms with E-state index < -0.39 is 15.4 Å². The standard InChI is InChI=1S/C15H23N3O4S/c1-22-11-15(7-9-16-10-8-15)14(19)17-12-3-5-13(6-4-12)18-23(2,20)21/h3-6,16,18H,7-11H2,1-2H3,(H,17,19). The molecule has 0 aliphatic carbocycles. The smallest absolute Gasteiger partial charge is 0.233 e. The van der Waals surface area contributed by atoms with E-state index in [4.69, 9.17) is 4.74 Å². The predicted molar refractivity (Wildman–Crippen MR) is 90.0 cm³/mol. The molecule has 23 heavy (non-hydrogen) atoms. The molecule has 0 unspecified atom stereocenters. The minimum atomic E-state index is -3.31. The number of hydrogen-bond acceptors (Lipinski definition) is 5. The van der Waals surface area contributed by atoms with E-state index in [9.17, 15) is 13.2 Å². The molecule has 0 atom stereocenters. The summed E-state index contributed by atoms with van der Waals surface area (Å²) in [4.78, 5) is 12.7. The van der Waals surface area contributed by atoms with Crippen LogP contribution in [0.3, 0.4) is 0 Å². The Hall–Kier alpha value is -1.64. The molecule has 0 spiro atoms. The van der Waals surface area contributed by atoms with Gasteiger partial charge in [0.05, 0.1) is 18.3 Å². The summed E-state index contributed by atoms with van der Waals surface area (Å²) in [6, 6.07) is 6.57. The Kier molecular flexibility index (Phi) is 5.61. The Morgan fingerprint density at radius 3 is 2.30 bits per heavy atom. The molecule has 1 aromatic rings. The van der Waals surface area contributed by atoms with Gasteiger partial charge in [-0.3, -0.25) is 9.52 Å². The number of hydrogen-bond donors (Lipinski definition) is 3. The number of sulfonamides is 1. The summed E-state index contributed by atoms with van der Waals surface area (Å²) in [5.41, 5.74) is 0.561. The van der Waals surface area contributed by atoms with Crippen LogP contribution in [0.1, 0.15) is 12.8 Å². The van der Waals surface area contributed by atoms with Crippen LogP contribution in [0, 0.1) is 5.41 Å². The number of nitrogens with one attached hydrogen (secondary N) is 3. The van der Waals surface area contributed by atoms with Crippen LogP contribution in [0.15, 0.2) is 24.3 Å². The zero-order valence-electron chi connectivity index (χ0n) is 13.4. The highest BCUT2D eigenvalue weighted by molar-refractivity contribution is 7.92. The maximum Gasteiger partial charge on any atom is 0.233 e. The van der Waals surface area contributed by atoms with Crippen LogP contribution in [0.25, 0.3) is 0 Å². The minimum absolute atomic E-state index is 0.0651. The van der Waals surface area contributed by atoms with Crippen molar-refractivity contribution >= 4 is 27.3 Å². The molecule has 0 aromatic heterocycles. The Labute approximate surface area is 136 Å². The van der Waals surface area contributed by atoms with E-state index in [1.54, 1.807) is 31.4 Å². The summed E-state index contributed by atoms with van der Waals surface area (Å²) in [7, 11) is -1.71. The van der Waals surface area contributed by atoms with Gasteiger partial charge in [0.15, 0.2) is 0 Å². The summed E-state index contributed by atoms with van der Waals surface area (Å²) in [6.07, 6.45) is 2.54. The number of rotatable bonds is 6. The SMILES string of the molecule is COCC1(C(=O)Nc2ccc(NS(C)(=O)=O)cc2)CCNCC1. The van der Waals surface area contributed by atoms with Crippen molar-refractivity contribution in [1.82, 2.24) is 5.32 Å². The number of amides is 1. The van der Waals surface area contributed by atoms with E-state index >= 15 is 0 Å². The summed E-state index contributed by atoms with van der Waals surface area (Å²) >= 11 is 0. The van der Waals surface area contributed by atoms with Gasteiger partial charge in [0.1, 0.15) is 0 Å². The molecule has 1 aliphatic rings. The van der Waals surface area contributed by atoms with Crippen molar-refractivity contribution in [2.75, 3.05) is 43.1 Å². The van der Waals surface area contributed by atoms with Gasteiger partial charge in [-0.2, -0.15) is 0 Å². The zero-order valence-corrected chi connectivity index (χ0v) is 14.2. The highest BCUT2D eigenvalue weighted by atomic mass is 32.2. The van der Waals surface area contributed by atoms with Crippen molar-refractivity contribution in [3.63, 3.8) is 0 Å². The maximum atomic E-state index is 12.7. The molecule has 0 saturated carbocycles. The van der Waals surface area contributed by atoms with E-state index in [2.05, 4.69) is 15.4 Å². The first-order valence-electron chi connectivity index (χ1n) is 7.44. The first kappa shape index (κ1) is 17.7. The van der Waals surface area contributed by atoms with Crippen molar-refractivity contribution in [2.45, 2.75) is 12.8 Å². The Bertz CT molecular complexity index is 632. The summed E-state index contributed by atoms with van der Waals surface area (Å²) in [5.74, 6) is -0.0651. The van der Waals surface area contributed by atoms with Crippen LogP contribution < -0.4 is 15.4 Å². The lowest BCUT2D eigenvalue weighted by Crippen LogP contribution is -2.47. The Balaban J connectivity index is 2.06. The summed E-state index contributed by atoms with van der Waals surface area (Å²) in [5, 5.41) is 6.15. The van der Waals surface area contributed by atoms with Crippen molar-refractivity contribution in [2.24, 2.45) is 5.41 Å². The van der Waals surface area contributed by atoms with Gasteiger partial charge in [0, 0.05) is 18.5 Å². The number of benzene rings is 1. The van der Waals surface area contributed by atoms with Crippen LogP contribution in [0.4, 0.5) is 11.4 Å². The highest BCUT2D eigenvalue weighted by Crippen LogP contribution is 2.31. The quantitative estimate of drug-likeness (QED) is 0.718. The predicted octanol–water partition coefficient (Wildman–Crippen LogP) is 1.01. The number of ether oxygens (including phenoxy) is 1. The van der Waals surface area contributed by atoms with Crippen LogP contribution in [-0.4, -0.2) is 47.4 Å². The van der Waals surface area contributed by atoms with Crippen LogP contribution in [0.2, 0.25) is 0 Å². The molecule has 1 amide bonds. The first-order chi connectivity index (χ1) is 10.8. The zero-order chi connectivity index (χ0) is 16.9. The van der Waals surface area contributed by atoms with Crippen molar-refractivity contribution in [1.29, 1.82) is 0 Å². The Morgan fingerprint density at radius 1 is 1.22 bits per heavy atom. The van der Waals surface area contributed by atoms with Crippen molar-refractivity contribution in [3.05, 3.63) is 24.3 Å². The monoisotopic (exact) mass is 341 g/mol. The fraction of sp³-hybridized carbons (Fsp3) is 0.533. The molecule has 1 aliphatic heterocycles. The molecule has 8 heteroatoms. The molecule has 1 fully saturated rings. The van der Waals surface area contributed by atoms with Gasteiger partial charge in [-0.1, -0.05) is 0 Å². The minimum Gasteiger partial charge on any atom is -0.384 e. The van der Waals surface area contributed by atoms with E-state index in [1.165, 1.54) is 0 Å². The molecule has 0 bridgehead atoms. The van der Waals surface area contributed by atoms with Crippen LogP contribution >= 0.6 is 0 Å². The molecule has 1 saturated heterocycles. The van der Waals surface area contributed by atoms with E-state index in [0.717, 1.165) is 32.2 Å². The molecular formula is C15H23N3O4S. The maximum absolute atomic E-state index is 12.7. The molecule has 3 N–H and O–H groups in total. The molecule has 0 radical (unpaired) electrons. The van der Waals surface area contributed by atoms with E-state index in [-0.39, 0.29) is 5.91 Å². The normalized spacial score (nSPS) is 17.5. The number of piperidine rings is 1. The van der Waals surface area contributed by atoms with Crippen molar-refractivity contribution in [3.8, 4) is 0 Å². The van der Waals surface area contributed by atoms with Crippen LogP contribution in [-0.2, 0) is 19.6 Å². The topological polar surface area (TPSA) is 96.5 Å². The largest absolute Gasteiger partial charge is 0.384 e. The third kappa shape index (κ3) is 4.92. The second-order valence-corrected chi connectivity index (χ2v) is 7.62. The molecule has 1 heterocycles. The molecular weight excluding hydrogens is 318 g/mol. The first-order valence-corrected chi connectivity index (χ1v) is 9.33. The molecule has 1 aromatic carbocycles. The van der Waals surface area contributed by atoms with Gasteiger partial charge in [-0.15, -0.1) is 0 Å². The number of carbonyl (C=O) groups excluding carboxylic acids is 1. The van der Waals surface area contributed by atoms with E-state index in [0.29, 0.717) is 18.0 Å². The summed E-state index contributed by atoms with van der Waals surface area (Å²) < 4.78 is 30.0. The Morgan fingerprint density at radius 2 is 1.78 bits per heavy atom. The second-order valence-electron chi connectivity index (χ2n) is 5.87. The van der Waals surface area contributed by atoms with Crippen molar-refractivity contribution < 1.29 is 17.9 Å². The second kappa shape index (κ2) is 7.29. The van der Waals surface area contributed by atoms with Gasteiger partial charge < -0.3 is 15.4 Å². The van der Waals surface area contributed by atoms with Gasteiger partial charge in [0.2, 0.25) is 15.9 Å². The van der Waals surface area contributed by atoms with Crippen LogP contribution in [0.5, 0.6) is 0 Å². The highest BCUT2D eigenvalue weighted by Gasteiger charge is 2.39. The van der Waals surface area contributed by atoms with E-state index in [1.807, 2.05) is 0 Å². The average molecular weight is 341 g/mol. The summed E-state index contributed by atoms with van der Waals surface area (Å²) in [6.45, 7) is 1.95. The third-order valence-corrected chi connectivity index (χ3v) is 4.52. The van der Waals surface area contributed by atoms with Gasteiger partial charge in [-0.25, -0.2) is 8.42 Å². The number of anilines is 2. The lowest BCUT2D eigenvalue weighted by Gasteiger charge is -2.35. The molecule has 2 rings (SSSR count). The molecule has 128 valence electrons. The third-order valence-electron chi connectivity index (χ3n) is 3.91. The van der Waals surface area contributed by atoms with Gasteiger partial charge in [-0.05, 0) is 50.2 Å². The molecule has 7 nitrogen and oxygen atoms in total. The fourth-order valence-electron chi connectivity index (χ4n) is 2.72.